The lowest BCUT2D eigenvalue weighted by Gasteiger charge is -2.28. The van der Waals surface area contributed by atoms with Crippen molar-refractivity contribution in [2.75, 3.05) is 26.7 Å². The lowest BCUT2D eigenvalue weighted by molar-refractivity contribution is 0.279. The third-order valence-electron chi connectivity index (χ3n) is 4.09. The summed E-state index contributed by atoms with van der Waals surface area (Å²) in [5.74, 6) is 0.963. The number of hydrogen-bond donors (Lipinski definition) is 1. The number of hydrogen-bond acceptors (Lipinski definition) is 2. The maximum atomic E-state index is 3.72. The van der Waals surface area contributed by atoms with Crippen molar-refractivity contribution in [3.63, 3.8) is 0 Å². The third kappa shape index (κ3) is 7.05. The van der Waals surface area contributed by atoms with Crippen LogP contribution in [0.25, 0.3) is 0 Å². The van der Waals surface area contributed by atoms with Gasteiger partial charge < -0.3 is 10.2 Å². The van der Waals surface area contributed by atoms with E-state index in [0.717, 1.165) is 12.0 Å². The zero-order valence-corrected chi connectivity index (χ0v) is 12.2. The fraction of sp³-hybridized carbons (Fsp3) is 1.00. The Kier molecular flexibility index (Phi) is 7.87. The van der Waals surface area contributed by atoms with E-state index in [0.29, 0.717) is 0 Å². The van der Waals surface area contributed by atoms with E-state index in [4.69, 9.17) is 0 Å². The van der Waals surface area contributed by atoms with Crippen LogP contribution in [0.2, 0.25) is 0 Å². The maximum Gasteiger partial charge on any atom is 0.0104 e. The van der Waals surface area contributed by atoms with Gasteiger partial charge in [0.2, 0.25) is 0 Å². The van der Waals surface area contributed by atoms with Gasteiger partial charge in [-0.1, -0.05) is 26.7 Å². The van der Waals surface area contributed by atoms with E-state index < -0.39 is 0 Å². The van der Waals surface area contributed by atoms with Crippen molar-refractivity contribution < 1.29 is 0 Å². The van der Waals surface area contributed by atoms with Gasteiger partial charge in [0.25, 0.3) is 0 Å². The molecule has 0 radical (unpaired) electrons. The van der Waals surface area contributed by atoms with Gasteiger partial charge in [-0.2, -0.15) is 0 Å². The SMILES string of the molecule is CCCCCN(C)CCNC1CCC(C)CC1. The molecule has 2 heteroatoms. The van der Waals surface area contributed by atoms with E-state index in [1.807, 2.05) is 0 Å². The summed E-state index contributed by atoms with van der Waals surface area (Å²) < 4.78 is 0. The predicted molar refractivity (Wildman–Crippen MR) is 76.4 cm³/mol. The van der Waals surface area contributed by atoms with E-state index in [9.17, 15) is 0 Å². The van der Waals surface area contributed by atoms with Crippen molar-refractivity contribution in [2.45, 2.75) is 64.8 Å². The molecule has 0 aromatic carbocycles. The number of likely N-dealkylation sites (N-methyl/N-ethyl adjacent to an activating group) is 1. The Bertz CT molecular complexity index is 174. The molecule has 0 aliphatic heterocycles. The van der Waals surface area contributed by atoms with E-state index in [2.05, 4.69) is 31.1 Å². The Morgan fingerprint density at radius 2 is 1.76 bits per heavy atom. The van der Waals surface area contributed by atoms with Gasteiger partial charge in [-0.15, -0.1) is 0 Å². The van der Waals surface area contributed by atoms with Crippen LogP contribution < -0.4 is 5.32 Å². The first kappa shape index (κ1) is 15.0. The first-order chi connectivity index (χ1) is 8.22. The molecule has 2 nitrogen and oxygen atoms in total. The zero-order valence-electron chi connectivity index (χ0n) is 12.2. The van der Waals surface area contributed by atoms with Crippen molar-refractivity contribution in [3.8, 4) is 0 Å². The summed E-state index contributed by atoms with van der Waals surface area (Å²) in [5, 5.41) is 3.72. The summed E-state index contributed by atoms with van der Waals surface area (Å²) >= 11 is 0. The fourth-order valence-corrected chi connectivity index (χ4v) is 2.67. The zero-order chi connectivity index (χ0) is 12.5. The van der Waals surface area contributed by atoms with Crippen LogP contribution in [-0.4, -0.2) is 37.6 Å². The lowest BCUT2D eigenvalue weighted by Crippen LogP contribution is -2.38. The molecule has 1 N–H and O–H groups in total. The number of nitrogens with zero attached hydrogens (tertiary/aromatic N) is 1. The molecule has 1 rings (SSSR count). The Morgan fingerprint density at radius 1 is 1.06 bits per heavy atom. The predicted octanol–water partition coefficient (Wildman–Crippen LogP) is 3.28. The van der Waals surface area contributed by atoms with Crippen LogP contribution in [0.15, 0.2) is 0 Å². The monoisotopic (exact) mass is 240 g/mol. The van der Waals surface area contributed by atoms with Crippen LogP contribution in [0.1, 0.15) is 58.8 Å². The molecule has 0 heterocycles. The average molecular weight is 240 g/mol. The summed E-state index contributed by atoms with van der Waals surface area (Å²) in [6.45, 7) is 8.29. The van der Waals surface area contributed by atoms with Crippen LogP contribution >= 0.6 is 0 Å². The second kappa shape index (κ2) is 8.93. The summed E-state index contributed by atoms with van der Waals surface area (Å²) in [5.41, 5.74) is 0. The minimum Gasteiger partial charge on any atom is -0.313 e. The molecule has 1 fully saturated rings. The van der Waals surface area contributed by atoms with Crippen molar-refractivity contribution in [2.24, 2.45) is 5.92 Å². The third-order valence-corrected chi connectivity index (χ3v) is 4.09. The average Bonchev–Trinajstić information content (AvgIpc) is 2.32. The van der Waals surface area contributed by atoms with Crippen LogP contribution in [0.5, 0.6) is 0 Å². The topological polar surface area (TPSA) is 15.3 Å². The minimum absolute atomic E-state index is 0.801. The molecular formula is C15H32N2. The van der Waals surface area contributed by atoms with Gasteiger partial charge in [0.15, 0.2) is 0 Å². The van der Waals surface area contributed by atoms with Crippen LogP contribution in [0.4, 0.5) is 0 Å². The van der Waals surface area contributed by atoms with Crippen molar-refractivity contribution >= 4 is 0 Å². The largest absolute Gasteiger partial charge is 0.313 e. The second-order valence-corrected chi connectivity index (χ2v) is 5.92. The van der Waals surface area contributed by atoms with Gasteiger partial charge in [-0.3, -0.25) is 0 Å². The number of rotatable bonds is 8. The molecule has 0 atom stereocenters. The number of unbranched alkanes of at least 4 members (excludes halogenated alkanes) is 2. The number of nitrogens with one attached hydrogen (secondary N) is 1. The van der Waals surface area contributed by atoms with Crippen molar-refractivity contribution in [1.29, 1.82) is 0 Å². The van der Waals surface area contributed by atoms with Crippen molar-refractivity contribution in [3.05, 3.63) is 0 Å². The molecule has 0 unspecified atom stereocenters. The van der Waals surface area contributed by atoms with E-state index >= 15 is 0 Å². The Morgan fingerprint density at radius 3 is 2.41 bits per heavy atom. The van der Waals surface area contributed by atoms with E-state index in [1.54, 1.807) is 0 Å². The molecule has 1 aliphatic rings. The standard InChI is InChI=1S/C15H32N2/c1-4-5-6-12-17(3)13-11-16-15-9-7-14(2)8-10-15/h14-16H,4-13H2,1-3H3. The van der Waals surface area contributed by atoms with E-state index in [-0.39, 0.29) is 0 Å². The van der Waals surface area contributed by atoms with Crippen molar-refractivity contribution in [1.82, 2.24) is 10.2 Å². The lowest BCUT2D eigenvalue weighted by atomic mass is 9.87. The van der Waals surface area contributed by atoms with Gasteiger partial charge >= 0.3 is 0 Å². The van der Waals surface area contributed by atoms with Gasteiger partial charge in [-0.05, 0) is 51.6 Å². The van der Waals surface area contributed by atoms with Gasteiger partial charge in [0.1, 0.15) is 0 Å². The Balaban J connectivity index is 1.95. The first-order valence-electron chi connectivity index (χ1n) is 7.64. The molecule has 102 valence electrons. The van der Waals surface area contributed by atoms with Gasteiger partial charge in [0.05, 0.1) is 0 Å². The van der Waals surface area contributed by atoms with Gasteiger partial charge in [0, 0.05) is 19.1 Å². The highest BCUT2D eigenvalue weighted by molar-refractivity contribution is 4.75. The molecule has 1 saturated carbocycles. The molecular weight excluding hydrogens is 208 g/mol. The molecule has 1 aliphatic carbocycles. The normalized spacial score (nSPS) is 25.4. The summed E-state index contributed by atoms with van der Waals surface area (Å²) in [6, 6.07) is 0.801. The second-order valence-electron chi connectivity index (χ2n) is 5.92. The van der Waals surface area contributed by atoms with Crippen LogP contribution in [0, 0.1) is 5.92 Å². The highest BCUT2D eigenvalue weighted by atomic mass is 15.1. The fourth-order valence-electron chi connectivity index (χ4n) is 2.67. The highest BCUT2D eigenvalue weighted by Gasteiger charge is 2.17. The quantitative estimate of drug-likeness (QED) is 0.655. The Hall–Kier alpha value is -0.0800. The maximum absolute atomic E-state index is 3.72. The first-order valence-corrected chi connectivity index (χ1v) is 7.64. The van der Waals surface area contributed by atoms with E-state index in [1.165, 1.54) is 64.6 Å². The summed E-state index contributed by atoms with van der Waals surface area (Å²) in [6.07, 6.45) is 9.67. The molecule has 0 aromatic rings. The van der Waals surface area contributed by atoms with Crippen LogP contribution in [-0.2, 0) is 0 Å². The molecule has 0 bridgehead atoms. The Labute approximate surface area is 108 Å². The molecule has 17 heavy (non-hydrogen) atoms. The summed E-state index contributed by atoms with van der Waals surface area (Å²) in [4.78, 5) is 2.47. The van der Waals surface area contributed by atoms with Gasteiger partial charge in [-0.25, -0.2) is 0 Å². The molecule has 0 amide bonds. The smallest absolute Gasteiger partial charge is 0.0104 e. The molecule has 0 spiro atoms. The molecule has 0 saturated heterocycles. The van der Waals surface area contributed by atoms with Crippen LogP contribution in [0.3, 0.4) is 0 Å². The molecule has 0 aromatic heterocycles. The highest BCUT2D eigenvalue weighted by Crippen LogP contribution is 2.23. The summed E-state index contributed by atoms with van der Waals surface area (Å²) in [7, 11) is 2.25. The minimum atomic E-state index is 0.801.